The van der Waals surface area contributed by atoms with Gasteiger partial charge < -0.3 is 14.7 Å². The lowest BCUT2D eigenvalue weighted by atomic mass is 10.0. The van der Waals surface area contributed by atoms with Crippen LogP contribution < -0.4 is 4.90 Å². The molecule has 0 unspecified atom stereocenters. The number of thioether (sulfide) groups is 1. The second-order valence-electron chi connectivity index (χ2n) is 8.23. The van der Waals surface area contributed by atoms with Crippen LogP contribution in [-0.2, 0) is 22.5 Å². The van der Waals surface area contributed by atoms with Gasteiger partial charge in [0.15, 0.2) is 11.0 Å². The highest BCUT2D eigenvalue weighted by Crippen LogP contribution is 2.34. The lowest BCUT2D eigenvalue weighted by molar-refractivity contribution is -0.116. The Bertz CT molecular complexity index is 1340. The summed E-state index contributed by atoms with van der Waals surface area (Å²) in [5.74, 6) is 0.998. The average Bonchev–Trinajstić information content (AvgIpc) is 3.27. The fraction of sp³-hybridized carbons (Fsp3) is 0.269. The Kier molecular flexibility index (Phi) is 6.51. The van der Waals surface area contributed by atoms with Crippen molar-refractivity contribution in [1.82, 2.24) is 14.8 Å². The van der Waals surface area contributed by atoms with E-state index in [4.69, 9.17) is 4.74 Å². The van der Waals surface area contributed by atoms with Gasteiger partial charge in [0.25, 0.3) is 0 Å². The topological polar surface area (TPSA) is 80.5 Å². The van der Waals surface area contributed by atoms with E-state index >= 15 is 0 Å². The number of benzene rings is 3. The SMILES string of the molecule is COCCn1c(SCC(=O)N2CCCc3ccccc32)nnc1-c1cc2ccccc2cc1O. The summed E-state index contributed by atoms with van der Waals surface area (Å²) < 4.78 is 7.21. The maximum Gasteiger partial charge on any atom is 0.237 e. The van der Waals surface area contributed by atoms with Crippen molar-refractivity contribution in [3.63, 3.8) is 0 Å². The van der Waals surface area contributed by atoms with E-state index in [0.717, 1.165) is 35.8 Å². The normalized spacial score (nSPS) is 13.3. The summed E-state index contributed by atoms with van der Waals surface area (Å²) in [5.41, 5.74) is 2.82. The number of phenols is 1. The molecule has 0 atom stereocenters. The molecule has 0 radical (unpaired) electrons. The predicted octanol–water partition coefficient (Wildman–Crippen LogP) is 4.52. The van der Waals surface area contributed by atoms with Gasteiger partial charge >= 0.3 is 0 Å². The minimum atomic E-state index is 0.0496. The fourth-order valence-corrected chi connectivity index (χ4v) is 5.22. The molecule has 174 valence electrons. The smallest absolute Gasteiger partial charge is 0.237 e. The van der Waals surface area contributed by atoms with Crippen LogP contribution in [0, 0.1) is 0 Å². The first-order chi connectivity index (χ1) is 16.7. The number of fused-ring (bicyclic) bond motifs is 2. The third kappa shape index (κ3) is 4.38. The van der Waals surface area contributed by atoms with E-state index in [1.807, 2.05) is 58.0 Å². The van der Waals surface area contributed by atoms with E-state index < -0.39 is 0 Å². The second kappa shape index (κ2) is 9.87. The molecule has 0 aliphatic carbocycles. The second-order valence-corrected chi connectivity index (χ2v) is 9.18. The standard InChI is InChI=1S/C26H26N4O3S/c1-33-14-13-30-25(21-15-19-8-2-3-9-20(19)16-23(21)31)27-28-26(30)34-17-24(32)29-12-6-10-18-7-4-5-11-22(18)29/h2-5,7-9,11,15-16,31H,6,10,12-14,17H2,1H3. The zero-order valence-corrected chi connectivity index (χ0v) is 19.8. The first-order valence-corrected chi connectivity index (χ1v) is 12.3. The number of amides is 1. The van der Waals surface area contributed by atoms with E-state index in [2.05, 4.69) is 16.3 Å². The number of phenolic OH excluding ortho intramolecular Hbond substituents is 1. The van der Waals surface area contributed by atoms with Crippen LogP contribution in [0.3, 0.4) is 0 Å². The lowest BCUT2D eigenvalue weighted by Gasteiger charge is -2.29. The molecule has 0 saturated heterocycles. The molecule has 4 aromatic rings. The third-order valence-electron chi connectivity index (χ3n) is 6.08. The Morgan fingerprint density at radius 3 is 2.68 bits per heavy atom. The first kappa shape index (κ1) is 22.4. The van der Waals surface area contributed by atoms with Crippen LogP contribution in [0.15, 0.2) is 65.8 Å². The summed E-state index contributed by atoms with van der Waals surface area (Å²) in [6, 6.07) is 19.6. The first-order valence-electron chi connectivity index (χ1n) is 11.3. The summed E-state index contributed by atoms with van der Waals surface area (Å²) in [5, 5.41) is 22.1. The minimum Gasteiger partial charge on any atom is -0.507 e. The number of aryl methyl sites for hydroxylation is 1. The largest absolute Gasteiger partial charge is 0.507 e. The van der Waals surface area contributed by atoms with Crippen LogP contribution in [-0.4, -0.2) is 51.8 Å². The van der Waals surface area contributed by atoms with Gasteiger partial charge in [-0.25, -0.2) is 0 Å². The number of nitrogens with zero attached hydrogens (tertiary/aromatic N) is 4. The van der Waals surface area contributed by atoms with Crippen LogP contribution in [0.1, 0.15) is 12.0 Å². The van der Waals surface area contributed by atoms with Crippen molar-refractivity contribution in [3.05, 3.63) is 66.2 Å². The molecule has 2 heterocycles. The molecule has 1 N–H and O–H groups in total. The molecule has 1 aliphatic heterocycles. The molecular weight excluding hydrogens is 448 g/mol. The van der Waals surface area contributed by atoms with Gasteiger partial charge in [-0.15, -0.1) is 10.2 Å². The number of rotatable bonds is 7. The highest BCUT2D eigenvalue weighted by molar-refractivity contribution is 7.99. The number of aromatic hydroxyl groups is 1. The average molecular weight is 475 g/mol. The molecule has 8 heteroatoms. The van der Waals surface area contributed by atoms with Crippen LogP contribution in [0.4, 0.5) is 5.69 Å². The molecule has 0 spiro atoms. The van der Waals surface area contributed by atoms with Crippen LogP contribution in [0.2, 0.25) is 0 Å². The molecule has 1 aromatic heterocycles. The van der Waals surface area contributed by atoms with Gasteiger partial charge in [0, 0.05) is 19.3 Å². The number of carbonyl (C=O) groups is 1. The van der Waals surface area contributed by atoms with E-state index in [1.54, 1.807) is 13.2 Å². The fourth-order valence-electron chi connectivity index (χ4n) is 4.38. The number of anilines is 1. The van der Waals surface area contributed by atoms with Crippen molar-refractivity contribution >= 4 is 34.1 Å². The summed E-state index contributed by atoms with van der Waals surface area (Å²) >= 11 is 1.36. The Balaban J connectivity index is 1.41. The predicted molar refractivity (Wildman–Crippen MR) is 134 cm³/mol. The number of methoxy groups -OCH3 is 1. The number of aromatic nitrogens is 3. The van der Waals surface area contributed by atoms with Crippen molar-refractivity contribution < 1.29 is 14.6 Å². The number of ether oxygens (including phenoxy) is 1. The number of para-hydroxylation sites is 1. The van der Waals surface area contributed by atoms with Gasteiger partial charge in [0.1, 0.15) is 5.75 Å². The van der Waals surface area contributed by atoms with Gasteiger partial charge in [-0.05, 0) is 47.4 Å². The van der Waals surface area contributed by atoms with Crippen LogP contribution in [0.5, 0.6) is 5.75 Å². The van der Waals surface area contributed by atoms with Crippen molar-refractivity contribution in [2.75, 3.05) is 30.9 Å². The van der Waals surface area contributed by atoms with Gasteiger partial charge in [0.05, 0.1) is 24.5 Å². The molecule has 3 aromatic carbocycles. The Labute approximate surface area is 202 Å². The highest BCUT2D eigenvalue weighted by Gasteiger charge is 2.24. The molecular formula is C26H26N4O3S. The van der Waals surface area contributed by atoms with E-state index in [1.165, 1.54) is 17.3 Å². The van der Waals surface area contributed by atoms with Crippen LogP contribution in [0.25, 0.3) is 22.2 Å². The van der Waals surface area contributed by atoms with Crippen molar-refractivity contribution in [1.29, 1.82) is 0 Å². The van der Waals surface area contributed by atoms with Gasteiger partial charge in [-0.2, -0.15) is 0 Å². The monoisotopic (exact) mass is 474 g/mol. The lowest BCUT2D eigenvalue weighted by Crippen LogP contribution is -2.36. The van der Waals surface area contributed by atoms with Gasteiger partial charge in [-0.3, -0.25) is 9.36 Å². The zero-order valence-electron chi connectivity index (χ0n) is 19.0. The summed E-state index contributed by atoms with van der Waals surface area (Å²) in [7, 11) is 1.64. The Hall–Kier alpha value is -3.36. The van der Waals surface area contributed by atoms with Gasteiger partial charge in [0.2, 0.25) is 5.91 Å². The summed E-state index contributed by atoms with van der Waals surface area (Å²) in [4.78, 5) is 15.0. The van der Waals surface area contributed by atoms with Crippen molar-refractivity contribution in [3.8, 4) is 17.1 Å². The molecule has 0 fully saturated rings. The van der Waals surface area contributed by atoms with Gasteiger partial charge in [-0.1, -0.05) is 54.2 Å². The molecule has 34 heavy (non-hydrogen) atoms. The molecule has 1 aliphatic rings. The number of hydrogen-bond donors (Lipinski definition) is 1. The zero-order chi connectivity index (χ0) is 23.5. The van der Waals surface area contributed by atoms with Crippen molar-refractivity contribution in [2.24, 2.45) is 0 Å². The van der Waals surface area contributed by atoms with E-state index in [-0.39, 0.29) is 17.4 Å². The quantitative estimate of drug-likeness (QED) is 0.397. The summed E-state index contributed by atoms with van der Waals surface area (Å²) in [6.45, 7) is 1.69. The Morgan fingerprint density at radius 2 is 1.85 bits per heavy atom. The molecule has 5 rings (SSSR count). The van der Waals surface area contributed by atoms with E-state index in [0.29, 0.717) is 29.7 Å². The molecule has 7 nitrogen and oxygen atoms in total. The highest BCUT2D eigenvalue weighted by atomic mass is 32.2. The number of hydrogen-bond acceptors (Lipinski definition) is 6. The third-order valence-corrected chi connectivity index (χ3v) is 7.03. The number of carbonyl (C=O) groups excluding carboxylic acids is 1. The van der Waals surface area contributed by atoms with Crippen molar-refractivity contribution in [2.45, 2.75) is 24.5 Å². The van der Waals surface area contributed by atoms with E-state index in [9.17, 15) is 9.90 Å². The molecule has 0 bridgehead atoms. The maximum absolute atomic E-state index is 13.1. The maximum atomic E-state index is 13.1. The molecule has 0 saturated carbocycles. The minimum absolute atomic E-state index is 0.0496. The Morgan fingerprint density at radius 1 is 1.09 bits per heavy atom. The molecule has 1 amide bonds. The summed E-state index contributed by atoms with van der Waals surface area (Å²) in [6.07, 6.45) is 1.96. The van der Waals surface area contributed by atoms with Crippen LogP contribution >= 0.6 is 11.8 Å².